The number of rotatable bonds is 5. The Bertz CT molecular complexity index is 4610. The molecule has 352 valence electrons. The molecule has 2 spiro atoms. The van der Waals surface area contributed by atoms with Crippen LogP contribution in [0.15, 0.2) is 285 Å². The van der Waals surface area contributed by atoms with Crippen LogP contribution in [0, 0.1) is 0 Å². The number of nitrogens with zero attached hydrogens (tertiary/aromatic N) is 1. The second-order valence-corrected chi connectivity index (χ2v) is 20.6. The van der Waals surface area contributed by atoms with Crippen molar-refractivity contribution in [2.75, 3.05) is 4.90 Å². The maximum absolute atomic E-state index is 9.84. The van der Waals surface area contributed by atoms with E-state index in [9.17, 15) is 11.0 Å². The molecule has 12 aromatic carbocycles. The molecule has 0 unspecified atom stereocenters. The van der Waals surface area contributed by atoms with Gasteiger partial charge in [0.25, 0.3) is 0 Å². The molecule has 12 aromatic rings. The number of fused-ring (bicyclic) bond motifs is 23. The van der Waals surface area contributed by atoms with Crippen molar-refractivity contribution < 1.29 is 13.7 Å². The first-order valence-corrected chi connectivity index (χ1v) is 25.9. The molecular formula is C75H47N. The van der Waals surface area contributed by atoms with Gasteiger partial charge in [-0.15, -0.1) is 0 Å². The minimum atomic E-state index is -2.06. The maximum Gasteiger partial charge on any atom is 0.0726 e. The summed E-state index contributed by atoms with van der Waals surface area (Å²) in [5, 5.41) is 0. The lowest BCUT2D eigenvalue weighted by Crippen LogP contribution is -2.29. The summed E-state index contributed by atoms with van der Waals surface area (Å²) in [4.78, 5) is 2.24. The predicted molar refractivity (Wildman–Crippen MR) is 311 cm³/mol. The average molecular weight is 972 g/mol. The van der Waals surface area contributed by atoms with E-state index >= 15 is 0 Å². The van der Waals surface area contributed by atoms with Gasteiger partial charge in [-0.05, 0) is 159 Å². The van der Waals surface area contributed by atoms with E-state index in [1.807, 2.05) is 30.3 Å². The molecule has 0 saturated carbocycles. The minimum Gasteiger partial charge on any atom is -0.310 e. The number of hydrogen-bond acceptors (Lipinski definition) is 1. The third-order valence-corrected chi connectivity index (χ3v) is 17.5. The van der Waals surface area contributed by atoms with Crippen LogP contribution >= 0.6 is 0 Å². The molecule has 1 heteroatoms. The van der Waals surface area contributed by atoms with Gasteiger partial charge in [-0.1, -0.05) is 248 Å². The van der Waals surface area contributed by atoms with Crippen molar-refractivity contribution >= 4 is 17.1 Å². The fraction of sp³-hybridized carbons (Fsp3) is 0.0400. The fourth-order valence-electron chi connectivity index (χ4n) is 14.8. The lowest BCUT2D eigenvalue weighted by atomic mass is 9.67. The standard InChI is InChI=1S/C75H47N/c1-3-21-48(22-4-1)73(49-23-5-2-6-24-49)63-32-14-7-29-57(63)60-42-39-50(45-70(60)73)76(51-40-43-61-58-30-12-19-37-68(58)74(71(61)46-51)64-33-15-8-25-53(64)54-26-9-16-34-65(54)74)52-41-44-62-59-31-13-20-38-69(59)75(72(62)47-52)66-35-17-10-27-55(66)56-28-11-18-36-67(56)75/h1-47H/i1D,2D,3D,4D,5D,6D,21D,22D,23D,24D. The highest BCUT2D eigenvalue weighted by Crippen LogP contribution is 2.66. The Balaban J connectivity index is 1.00. The van der Waals surface area contributed by atoms with Crippen molar-refractivity contribution in [1.29, 1.82) is 0 Å². The normalized spacial score (nSPS) is 16.7. The van der Waals surface area contributed by atoms with Gasteiger partial charge in [0.2, 0.25) is 0 Å². The molecular weight excluding hydrogens is 915 g/mol. The summed E-state index contributed by atoms with van der Waals surface area (Å²) in [6.07, 6.45) is 0. The summed E-state index contributed by atoms with van der Waals surface area (Å²) in [6.45, 7) is 0. The van der Waals surface area contributed by atoms with E-state index in [2.05, 4.69) is 187 Å². The molecule has 5 aliphatic carbocycles. The molecule has 0 N–H and O–H groups in total. The predicted octanol–water partition coefficient (Wildman–Crippen LogP) is 18.2. The van der Waals surface area contributed by atoms with E-state index in [1.54, 1.807) is 12.1 Å². The van der Waals surface area contributed by atoms with Gasteiger partial charge in [0.1, 0.15) is 0 Å². The third-order valence-electron chi connectivity index (χ3n) is 17.5. The van der Waals surface area contributed by atoms with Gasteiger partial charge in [0, 0.05) is 17.1 Å². The lowest BCUT2D eigenvalue weighted by molar-refractivity contribution is 0.768. The molecule has 0 bridgehead atoms. The van der Waals surface area contributed by atoms with Crippen LogP contribution in [0.3, 0.4) is 0 Å². The molecule has 0 saturated heterocycles. The fourth-order valence-corrected chi connectivity index (χ4v) is 14.8. The van der Waals surface area contributed by atoms with Crippen LogP contribution < -0.4 is 4.90 Å². The van der Waals surface area contributed by atoms with Gasteiger partial charge in [-0.2, -0.15) is 0 Å². The van der Waals surface area contributed by atoms with E-state index in [4.69, 9.17) is 2.74 Å². The Morgan fingerprint density at radius 3 is 0.724 bits per heavy atom. The summed E-state index contributed by atoms with van der Waals surface area (Å²) in [5.41, 5.74) is 18.8. The molecule has 17 rings (SSSR count). The van der Waals surface area contributed by atoms with Gasteiger partial charge in [-0.3, -0.25) is 0 Å². The Labute approximate surface area is 457 Å². The molecule has 0 aliphatic heterocycles. The highest BCUT2D eigenvalue weighted by atomic mass is 15.1. The van der Waals surface area contributed by atoms with Gasteiger partial charge in [0.05, 0.1) is 30.0 Å². The van der Waals surface area contributed by atoms with Crippen LogP contribution in [-0.2, 0) is 16.2 Å². The summed E-state index contributed by atoms with van der Waals surface area (Å²) in [5.74, 6) is 0. The van der Waals surface area contributed by atoms with E-state index in [0.717, 1.165) is 44.8 Å². The van der Waals surface area contributed by atoms with Crippen molar-refractivity contribution in [2.45, 2.75) is 16.2 Å². The van der Waals surface area contributed by atoms with Crippen LogP contribution in [0.4, 0.5) is 17.1 Å². The molecule has 0 amide bonds. The molecule has 0 aromatic heterocycles. The Hall–Kier alpha value is -9.56. The molecule has 0 atom stereocenters. The smallest absolute Gasteiger partial charge is 0.0726 e. The lowest BCUT2D eigenvalue weighted by Gasteiger charge is -2.35. The number of hydrogen-bond donors (Lipinski definition) is 0. The average Bonchev–Trinajstić information content (AvgIpc) is 1.51. The van der Waals surface area contributed by atoms with Crippen LogP contribution in [-0.4, -0.2) is 0 Å². The molecule has 1 nitrogen and oxygen atoms in total. The Kier molecular flexibility index (Phi) is 6.69. The zero-order chi connectivity index (χ0) is 58.4. The van der Waals surface area contributed by atoms with Gasteiger partial charge < -0.3 is 4.90 Å². The first-order chi connectivity index (χ1) is 41.9. The van der Waals surface area contributed by atoms with Gasteiger partial charge >= 0.3 is 0 Å². The summed E-state index contributed by atoms with van der Waals surface area (Å²) in [6, 6.07) is 73.2. The van der Waals surface area contributed by atoms with E-state index in [-0.39, 0.29) is 11.1 Å². The first kappa shape index (κ1) is 33.3. The Morgan fingerprint density at radius 2 is 0.447 bits per heavy atom. The highest BCUT2D eigenvalue weighted by molar-refractivity contribution is 5.99. The van der Waals surface area contributed by atoms with Crippen LogP contribution in [0.5, 0.6) is 0 Å². The molecule has 0 fully saturated rings. The summed E-state index contributed by atoms with van der Waals surface area (Å²) >= 11 is 0. The van der Waals surface area contributed by atoms with Crippen molar-refractivity contribution in [3.8, 4) is 55.6 Å². The second-order valence-electron chi connectivity index (χ2n) is 20.6. The van der Waals surface area contributed by atoms with Gasteiger partial charge in [-0.25, -0.2) is 0 Å². The Morgan fingerprint density at radius 1 is 0.224 bits per heavy atom. The van der Waals surface area contributed by atoms with Gasteiger partial charge in [0.15, 0.2) is 0 Å². The molecule has 5 aliphatic rings. The monoisotopic (exact) mass is 971 g/mol. The zero-order valence-corrected chi connectivity index (χ0v) is 40.8. The SMILES string of the molecule is [2H]c1c([2H])c([2H])c(C2(c3c([2H])c([2H])c([2H])c([2H])c3[2H])c3ccccc3-c3ccc(N(c4ccc5c(c4)C4(c6ccccc6-c6ccccc64)c4ccccc4-5)c4ccc5c(c4)C4(c6ccccc6-c6ccccc64)c4ccccc4-5)cc32)c([2H])c1[2H]. The zero-order valence-electron chi connectivity index (χ0n) is 50.8. The highest BCUT2D eigenvalue weighted by Gasteiger charge is 2.54. The van der Waals surface area contributed by atoms with E-state index < -0.39 is 76.7 Å². The third kappa shape index (κ3) is 5.06. The van der Waals surface area contributed by atoms with Crippen LogP contribution in [0.2, 0.25) is 0 Å². The van der Waals surface area contributed by atoms with Crippen LogP contribution in [0.25, 0.3) is 55.6 Å². The first-order valence-electron chi connectivity index (χ1n) is 30.9. The van der Waals surface area contributed by atoms with E-state index in [1.165, 1.54) is 55.6 Å². The largest absolute Gasteiger partial charge is 0.310 e. The van der Waals surface area contributed by atoms with Crippen molar-refractivity contribution in [2.24, 2.45) is 0 Å². The summed E-state index contributed by atoms with van der Waals surface area (Å²) in [7, 11) is 0. The van der Waals surface area contributed by atoms with Crippen molar-refractivity contribution in [3.63, 3.8) is 0 Å². The van der Waals surface area contributed by atoms with Crippen molar-refractivity contribution in [3.05, 3.63) is 352 Å². The number of anilines is 3. The quantitative estimate of drug-likeness (QED) is 0.166. The number of benzene rings is 12. The summed E-state index contributed by atoms with van der Waals surface area (Å²) < 4.78 is 93.8. The molecule has 0 heterocycles. The molecule has 76 heavy (non-hydrogen) atoms. The van der Waals surface area contributed by atoms with Crippen molar-refractivity contribution in [1.82, 2.24) is 0 Å². The molecule has 0 radical (unpaired) electrons. The topological polar surface area (TPSA) is 3.24 Å². The second kappa shape index (κ2) is 15.3. The van der Waals surface area contributed by atoms with E-state index in [0.29, 0.717) is 27.9 Å². The van der Waals surface area contributed by atoms with Crippen LogP contribution in [0.1, 0.15) is 80.5 Å². The maximum atomic E-state index is 9.84. The minimum absolute atomic E-state index is 0.219.